The lowest BCUT2D eigenvalue weighted by Gasteiger charge is -2.18. The van der Waals surface area contributed by atoms with Gasteiger partial charge in [0.05, 0.1) is 7.11 Å². The fourth-order valence-electron chi connectivity index (χ4n) is 1.36. The predicted octanol–water partition coefficient (Wildman–Crippen LogP) is 2.35. The smallest absolute Gasteiger partial charge is 0.321 e. The predicted molar refractivity (Wildman–Crippen MR) is 67.3 cm³/mol. The van der Waals surface area contributed by atoms with Gasteiger partial charge >= 0.3 is 6.03 Å². The Balaban J connectivity index is 2.61. The number of nitrogens with one attached hydrogen (secondary N) is 1. The van der Waals surface area contributed by atoms with Gasteiger partial charge in [0.25, 0.3) is 0 Å². The van der Waals surface area contributed by atoms with Crippen LogP contribution >= 0.6 is 0 Å². The zero-order valence-electron chi connectivity index (χ0n) is 10.6. The lowest BCUT2D eigenvalue weighted by atomic mass is 10.3. The van der Waals surface area contributed by atoms with E-state index in [4.69, 9.17) is 4.74 Å². The van der Waals surface area contributed by atoms with E-state index in [-0.39, 0.29) is 6.03 Å². The van der Waals surface area contributed by atoms with E-state index in [0.717, 1.165) is 19.4 Å². The molecule has 0 aliphatic heterocycles. The molecule has 0 atom stereocenters. The monoisotopic (exact) mass is 237 g/mol. The number of methoxy groups -OCH3 is 1. The third-order valence-corrected chi connectivity index (χ3v) is 2.40. The summed E-state index contributed by atoms with van der Waals surface area (Å²) in [6, 6.07) is 3.37. The highest BCUT2D eigenvalue weighted by molar-refractivity contribution is 5.90. The first kappa shape index (κ1) is 13.3. The van der Waals surface area contributed by atoms with Crippen LogP contribution in [0.25, 0.3) is 0 Å². The van der Waals surface area contributed by atoms with Crippen LogP contribution in [0.5, 0.6) is 5.88 Å². The van der Waals surface area contributed by atoms with Gasteiger partial charge in [0, 0.05) is 19.8 Å². The molecule has 0 radical (unpaired) electrons. The number of anilines is 1. The van der Waals surface area contributed by atoms with E-state index in [1.807, 2.05) is 0 Å². The van der Waals surface area contributed by atoms with Crippen LogP contribution in [0.1, 0.15) is 19.8 Å². The maximum atomic E-state index is 11.8. The van der Waals surface area contributed by atoms with Gasteiger partial charge in [-0.3, -0.25) is 0 Å². The summed E-state index contributed by atoms with van der Waals surface area (Å²) in [6.45, 7) is 2.83. The van der Waals surface area contributed by atoms with Crippen molar-refractivity contribution in [2.24, 2.45) is 0 Å². The quantitative estimate of drug-likeness (QED) is 0.855. The van der Waals surface area contributed by atoms with Gasteiger partial charge in [-0.1, -0.05) is 13.3 Å². The molecule has 0 bridgehead atoms. The summed E-state index contributed by atoms with van der Waals surface area (Å²) in [5.74, 6) is 0.421. The highest BCUT2D eigenvalue weighted by Crippen LogP contribution is 2.19. The molecule has 94 valence electrons. The fraction of sp³-hybridized carbons (Fsp3) is 0.500. The van der Waals surface area contributed by atoms with Crippen molar-refractivity contribution in [1.82, 2.24) is 9.88 Å². The van der Waals surface area contributed by atoms with Crippen molar-refractivity contribution in [2.75, 3.05) is 26.0 Å². The van der Waals surface area contributed by atoms with Gasteiger partial charge in [0.2, 0.25) is 5.88 Å². The van der Waals surface area contributed by atoms with Crippen LogP contribution in [0.4, 0.5) is 10.5 Å². The van der Waals surface area contributed by atoms with Crippen molar-refractivity contribution in [2.45, 2.75) is 19.8 Å². The zero-order valence-corrected chi connectivity index (χ0v) is 10.6. The van der Waals surface area contributed by atoms with Crippen LogP contribution in [0.3, 0.4) is 0 Å². The van der Waals surface area contributed by atoms with E-state index in [2.05, 4.69) is 17.2 Å². The molecular formula is C12H19N3O2. The average Bonchev–Trinajstić information content (AvgIpc) is 2.36. The van der Waals surface area contributed by atoms with Gasteiger partial charge < -0.3 is 15.0 Å². The largest absolute Gasteiger partial charge is 0.480 e. The number of ether oxygens (including phenoxy) is 1. The van der Waals surface area contributed by atoms with E-state index >= 15 is 0 Å². The van der Waals surface area contributed by atoms with E-state index < -0.39 is 0 Å². The summed E-state index contributed by atoms with van der Waals surface area (Å²) < 4.78 is 5.06. The lowest BCUT2D eigenvalue weighted by molar-refractivity contribution is 0.221. The molecule has 0 saturated carbocycles. The van der Waals surface area contributed by atoms with Crippen molar-refractivity contribution in [3.05, 3.63) is 18.3 Å². The number of nitrogens with zero attached hydrogens (tertiary/aromatic N) is 2. The van der Waals surface area contributed by atoms with E-state index in [1.54, 1.807) is 30.3 Å². The highest BCUT2D eigenvalue weighted by Gasteiger charge is 2.11. The molecule has 1 aromatic heterocycles. The van der Waals surface area contributed by atoms with Crippen molar-refractivity contribution in [3.63, 3.8) is 0 Å². The molecule has 0 unspecified atom stereocenters. The molecule has 1 N–H and O–H groups in total. The number of urea groups is 1. The second-order valence-electron chi connectivity index (χ2n) is 3.77. The van der Waals surface area contributed by atoms with Gasteiger partial charge in [0.15, 0.2) is 0 Å². The summed E-state index contributed by atoms with van der Waals surface area (Å²) in [7, 11) is 3.30. The number of amides is 2. The Morgan fingerprint density at radius 2 is 2.35 bits per heavy atom. The molecule has 1 aromatic rings. The molecule has 2 amide bonds. The molecule has 0 aromatic carbocycles. The molecule has 5 heteroatoms. The second kappa shape index (κ2) is 6.73. The average molecular weight is 237 g/mol. The Labute approximate surface area is 102 Å². The van der Waals surface area contributed by atoms with Crippen LogP contribution in [-0.2, 0) is 0 Å². The standard InChI is InChI=1S/C12H19N3O2/c1-4-5-9-15(2)12(16)14-10-7-6-8-13-11(10)17-3/h6-8H,4-5,9H2,1-3H3,(H,14,16). The maximum absolute atomic E-state index is 11.8. The third kappa shape index (κ3) is 3.94. The first-order chi connectivity index (χ1) is 8.19. The highest BCUT2D eigenvalue weighted by atomic mass is 16.5. The minimum Gasteiger partial charge on any atom is -0.480 e. The molecule has 1 heterocycles. The zero-order chi connectivity index (χ0) is 12.7. The summed E-state index contributed by atoms with van der Waals surface area (Å²) >= 11 is 0. The Hall–Kier alpha value is -1.78. The molecule has 0 fully saturated rings. The van der Waals surface area contributed by atoms with Crippen LogP contribution in [0.15, 0.2) is 18.3 Å². The Morgan fingerprint density at radius 3 is 3.00 bits per heavy atom. The minimum atomic E-state index is -0.148. The molecule has 5 nitrogen and oxygen atoms in total. The molecule has 0 aliphatic carbocycles. The van der Waals surface area contributed by atoms with Crippen molar-refractivity contribution >= 4 is 11.7 Å². The fourth-order valence-corrected chi connectivity index (χ4v) is 1.36. The van der Waals surface area contributed by atoms with Gasteiger partial charge in [-0.15, -0.1) is 0 Å². The molecule has 0 saturated heterocycles. The number of carbonyl (C=O) groups is 1. The molecule has 0 aliphatic rings. The van der Waals surface area contributed by atoms with Crippen molar-refractivity contribution in [3.8, 4) is 5.88 Å². The molecule has 0 spiro atoms. The summed E-state index contributed by atoms with van der Waals surface area (Å²) in [5.41, 5.74) is 0.586. The SMILES string of the molecule is CCCCN(C)C(=O)Nc1cccnc1OC. The van der Waals surface area contributed by atoms with Crippen LogP contribution in [0, 0.1) is 0 Å². The Bertz CT molecular complexity index is 369. The first-order valence-corrected chi connectivity index (χ1v) is 5.70. The van der Waals surface area contributed by atoms with Gasteiger partial charge in [0.1, 0.15) is 5.69 Å². The maximum Gasteiger partial charge on any atom is 0.321 e. The van der Waals surface area contributed by atoms with Crippen LogP contribution in [0.2, 0.25) is 0 Å². The minimum absolute atomic E-state index is 0.148. The Morgan fingerprint density at radius 1 is 1.59 bits per heavy atom. The van der Waals surface area contributed by atoms with Gasteiger partial charge in [-0.25, -0.2) is 9.78 Å². The Kier molecular flexibility index (Phi) is 5.26. The van der Waals surface area contributed by atoms with E-state index in [1.165, 1.54) is 7.11 Å². The summed E-state index contributed by atoms with van der Waals surface area (Å²) in [5, 5.41) is 2.77. The normalized spacial score (nSPS) is 9.82. The number of aromatic nitrogens is 1. The lowest BCUT2D eigenvalue weighted by Crippen LogP contribution is -2.32. The first-order valence-electron chi connectivity index (χ1n) is 5.70. The number of hydrogen-bond donors (Lipinski definition) is 1. The number of rotatable bonds is 5. The van der Waals surface area contributed by atoms with Gasteiger partial charge in [-0.05, 0) is 18.6 Å². The molecule has 17 heavy (non-hydrogen) atoms. The topological polar surface area (TPSA) is 54.5 Å². The summed E-state index contributed by atoms with van der Waals surface area (Å²) in [4.78, 5) is 17.5. The molecular weight excluding hydrogens is 218 g/mol. The third-order valence-electron chi connectivity index (χ3n) is 2.40. The van der Waals surface area contributed by atoms with Crippen molar-refractivity contribution < 1.29 is 9.53 Å². The summed E-state index contributed by atoms with van der Waals surface area (Å²) in [6.07, 6.45) is 3.68. The van der Waals surface area contributed by atoms with Crippen LogP contribution in [-0.4, -0.2) is 36.6 Å². The van der Waals surface area contributed by atoms with Gasteiger partial charge in [-0.2, -0.15) is 0 Å². The number of hydrogen-bond acceptors (Lipinski definition) is 3. The number of unbranched alkanes of at least 4 members (excludes halogenated alkanes) is 1. The van der Waals surface area contributed by atoms with Crippen molar-refractivity contribution in [1.29, 1.82) is 0 Å². The number of carbonyl (C=O) groups excluding carboxylic acids is 1. The van der Waals surface area contributed by atoms with Crippen LogP contribution < -0.4 is 10.1 Å². The molecule has 1 rings (SSSR count). The number of pyridine rings is 1. The van der Waals surface area contributed by atoms with E-state index in [0.29, 0.717) is 11.6 Å². The second-order valence-corrected chi connectivity index (χ2v) is 3.77. The van der Waals surface area contributed by atoms with E-state index in [9.17, 15) is 4.79 Å².